The number of aliphatic hydroxyl groups is 8. The summed E-state index contributed by atoms with van der Waals surface area (Å²) in [5.41, 5.74) is 0. The molecule has 0 radical (unpaired) electrons. The van der Waals surface area contributed by atoms with Crippen LogP contribution in [0.2, 0.25) is 0 Å². The lowest BCUT2D eigenvalue weighted by Crippen LogP contribution is -2.65. The summed E-state index contributed by atoms with van der Waals surface area (Å²) in [6, 6.07) is -0.950. The first-order chi connectivity index (χ1) is 48.6. The molecule has 0 aromatic carbocycles. The Labute approximate surface area is 602 Å². The van der Waals surface area contributed by atoms with E-state index in [1.807, 2.05) is 6.08 Å². The van der Waals surface area contributed by atoms with Crippen LogP contribution in [0.25, 0.3) is 0 Å². The van der Waals surface area contributed by atoms with E-state index in [9.17, 15) is 45.6 Å². The fourth-order valence-electron chi connectivity index (χ4n) is 12.3. The van der Waals surface area contributed by atoms with Crippen molar-refractivity contribution in [1.82, 2.24) is 5.32 Å². The van der Waals surface area contributed by atoms with E-state index in [0.29, 0.717) is 12.8 Å². The molecule has 14 nitrogen and oxygen atoms in total. The van der Waals surface area contributed by atoms with Crippen LogP contribution in [0.5, 0.6) is 0 Å². The molecule has 99 heavy (non-hydrogen) atoms. The van der Waals surface area contributed by atoms with Gasteiger partial charge in [0.15, 0.2) is 12.6 Å². The van der Waals surface area contributed by atoms with Gasteiger partial charge in [0.05, 0.1) is 32.0 Å². The maximum Gasteiger partial charge on any atom is 0.220 e. The molecule has 12 unspecified atom stereocenters. The number of ether oxygens (including phenoxy) is 4. The van der Waals surface area contributed by atoms with Gasteiger partial charge in [0.2, 0.25) is 5.91 Å². The van der Waals surface area contributed by atoms with Crippen molar-refractivity contribution in [3.05, 3.63) is 134 Å². The van der Waals surface area contributed by atoms with Gasteiger partial charge in [0, 0.05) is 6.42 Å². The van der Waals surface area contributed by atoms with Crippen molar-refractivity contribution in [3.63, 3.8) is 0 Å². The van der Waals surface area contributed by atoms with Crippen LogP contribution in [-0.4, -0.2) is 140 Å². The molecule has 2 rings (SSSR count). The highest BCUT2D eigenvalue weighted by Gasteiger charge is 2.51. The highest BCUT2D eigenvalue weighted by molar-refractivity contribution is 5.76. The number of unbranched alkanes of at least 4 members (excludes halogenated alkanes) is 32. The van der Waals surface area contributed by atoms with Gasteiger partial charge in [-0.3, -0.25) is 4.79 Å². The summed E-state index contributed by atoms with van der Waals surface area (Å²) in [6.45, 7) is 2.68. The number of hydrogen-bond donors (Lipinski definition) is 9. The average Bonchev–Trinajstić information content (AvgIpc) is 0.793. The second-order valence-electron chi connectivity index (χ2n) is 27.4. The molecule has 568 valence electrons. The summed E-state index contributed by atoms with van der Waals surface area (Å²) >= 11 is 0. The highest BCUT2D eigenvalue weighted by Crippen LogP contribution is 2.30. The van der Waals surface area contributed by atoms with E-state index in [1.165, 1.54) is 167 Å². The Morgan fingerprint density at radius 2 is 0.707 bits per heavy atom. The van der Waals surface area contributed by atoms with Gasteiger partial charge in [-0.2, -0.15) is 0 Å². The minimum Gasteiger partial charge on any atom is -0.394 e. The Kier molecular flexibility index (Phi) is 62.0. The molecule has 0 spiro atoms. The largest absolute Gasteiger partial charge is 0.394 e. The predicted molar refractivity (Wildman–Crippen MR) is 410 cm³/mol. The van der Waals surface area contributed by atoms with E-state index >= 15 is 0 Å². The number of carbonyl (C=O) groups is 1. The first-order valence-electron chi connectivity index (χ1n) is 39.9. The fourth-order valence-corrected chi connectivity index (χ4v) is 12.3. The Morgan fingerprint density at radius 3 is 1.11 bits per heavy atom. The first kappa shape index (κ1) is 91.2. The summed E-state index contributed by atoms with van der Waals surface area (Å²) < 4.78 is 22.9. The van der Waals surface area contributed by atoms with E-state index in [-0.39, 0.29) is 18.9 Å². The van der Waals surface area contributed by atoms with Gasteiger partial charge in [-0.05, 0) is 109 Å². The van der Waals surface area contributed by atoms with Crippen molar-refractivity contribution in [1.29, 1.82) is 0 Å². The van der Waals surface area contributed by atoms with Crippen molar-refractivity contribution >= 4 is 5.91 Å². The van der Waals surface area contributed by atoms with Crippen LogP contribution < -0.4 is 5.32 Å². The van der Waals surface area contributed by atoms with Crippen LogP contribution >= 0.6 is 0 Å². The lowest BCUT2D eigenvalue weighted by Gasteiger charge is -2.46. The highest BCUT2D eigenvalue weighted by atomic mass is 16.7. The number of aliphatic hydroxyl groups excluding tert-OH is 8. The minimum absolute atomic E-state index is 0.258. The Bertz CT molecular complexity index is 2180. The number of allylic oxidation sites excluding steroid dienone is 21. The zero-order chi connectivity index (χ0) is 71.5. The predicted octanol–water partition coefficient (Wildman–Crippen LogP) is 18.2. The summed E-state index contributed by atoms with van der Waals surface area (Å²) in [4.78, 5) is 13.4. The van der Waals surface area contributed by atoms with Crippen molar-refractivity contribution in [2.45, 2.75) is 376 Å². The van der Waals surface area contributed by atoms with Crippen LogP contribution in [0.3, 0.4) is 0 Å². The molecule has 2 aliphatic rings. The van der Waals surface area contributed by atoms with Gasteiger partial charge in [0.25, 0.3) is 0 Å². The SMILES string of the molecule is CC/C=C\C/C=C\C/C=C\C/C=C\C/C=C\C/C=C\C/C=C\C/C=C\CCCCCCCCCCCCCCC(=O)NC(COC1OC(CO)C(OC2OC(CO)C(O)C(O)C2O)C(O)C1O)C(O)/C=C/CC/C=C/CC/C=C/CCCCCCCCCCCCCCCCCCCC. The summed E-state index contributed by atoms with van der Waals surface area (Å²) in [5, 5.41) is 87.6. The molecule has 0 saturated carbocycles. The van der Waals surface area contributed by atoms with E-state index in [2.05, 4.69) is 141 Å². The number of nitrogens with one attached hydrogen (secondary N) is 1. The molecular weight excluding hydrogens is 1240 g/mol. The quantitative estimate of drug-likeness (QED) is 0.0204. The molecule has 2 saturated heterocycles. The second-order valence-corrected chi connectivity index (χ2v) is 27.4. The van der Waals surface area contributed by atoms with Crippen LogP contribution in [0.1, 0.15) is 303 Å². The van der Waals surface area contributed by atoms with Crippen molar-refractivity contribution < 1.29 is 64.6 Å². The van der Waals surface area contributed by atoms with E-state index in [1.54, 1.807) is 6.08 Å². The van der Waals surface area contributed by atoms with Crippen LogP contribution in [-0.2, 0) is 23.7 Å². The number of hydrogen-bond acceptors (Lipinski definition) is 13. The molecule has 0 aliphatic carbocycles. The Morgan fingerprint density at radius 1 is 0.374 bits per heavy atom. The smallest absolute Gasteiger partial charge is 0.220 e. The first-order valence-corrected chi connectivity index (χ1v) is 39.9. The van der Waals surface area contributed by atoms with Gasteiger partial charge in [-0.1, -0.05) is 321 Å². The van der Waals surface area contributed by atoms with Crippen molar-refractivity contribution in [2.75, 3.05) is 19.8 Å². The van der Waals surface area contributed by atoms with Gasteiger partial charge in [-0.15, -0.1) is 0 Å². The molecule has 14 heteroatoms. The lowest BCUT2D eigenvalue weighted by molar-refractivity contribution is -0.359. The third kappa shape index (κ3) is 50.2. The third-order valence-corrected chi connectivity index (χ3v) is 18.5. The van der Waals surface area contributed by atoms with Crippen LogP contribution in [0.4, 0.5) is 0 Å². The Balaban J connectivity index is 1.65. The van der Waals surface area contributed by atoms with E-state index in [0.717, 1.165) is 103 Å². The van der Waals surface area contributed by atoms with Gasteiger partial charge < -0.3 is 65.1 Å². The molecule has 0 aromatic heterocycles. The summed E-state index contributed by atoms with van der Waals surface area (Å²) in [7, 11) is 0. The van der Waals surface area contributed by atoms with Gasteiger partial charge in [0.1, 0.15) is 48.8 Å². The summed E-state index contributed by atoms with van der Waals surface area (Å²) in [5.74, 6) is -0.258. The zero-order valence-corrected chi connectivity index (χ0v) is 62.2. The molecule has 9 N–H and O–H groups in total. The molecule has 1 amide bonds. The molecule has 2 fully saturated rings. The topological polar surface area (TPSA) is 228 Å². The molecule has 2 heterocycles. The number of carbonyl (C=O) groups excluding carboxylic acids is 1. The maximum atomic E-state index is 13.4. The van der Waals surface area contributed by atoms with Crippen LogP contribution in [0.15, 0.2) is 134 Å². The molecule has 0 bridgehead atoms. The third-order valence-electron chi connectivity index (χ3n) is 18.5. The van der Waals surface area contributed by atoms with E-state index < -0.39 is 86.8 Å². The Hall–Kier alpha value is -3.87. The zero-order valence-electron chi connectivity index (χ0n) is 62.2. The summed E-state index contributed by atoms with van der Waals surface area (Å²) in [6.07, 6.45) is 83.8. The second kappa shape index (κ2) is 67.3. The van der Waals surface area contributed by atoms with Gasteiger partial charge >= 0.3 is 0 Å². The number of amides is 1. The van der Waals surface area contributed by atoms with Crippen molar-refractivity contribution in [3.8, 4) is 0 Å². The van der Waals surface area contributed by atoms with E-state index in [4.69, 9.17) is 18.9 Å². The number of rotatable bonds is 65. The van der Waals surface area contributed by atoms with Gasteiger partial charge in [-0.25, -0.2) is 0 Å². The molecule has 0 aromatic rings. The molecular formula is C85H145NO13. The fraction of sp³-hybridized carbons (Fsp3) is 0.729. The monoisotopic (exact) mass is 1390 g/mol. The molecule has 2 aliphatic heterocycles. The average molecular weight is 1390 g/mol. The normalized spacial score (nSPS) is 22.7. The minimum atomic E-state index is -1.80. The molecule has 12 atom stereocenters. The lowest BCUT2D eigenvalue weighted by atomic mass is 9.97. The standard InChI is InChI=1S/C85H145NO13/c1-3-5-7-9-11-13-15-17-19-21-23-25-27-29-31-33-34-35-36-37-38-39-40-41-43-45-47-49-51-53-55-57-59-61-63-65-67-69-77(90)86-73(72-96-84-82(95)80(93)83(76(71-88)98-84)99-85-81(94)79(92)78(91)75(70-87)97-85)74(89)68-66-64-62-60-58-56-54-52-50-48-46-44-42-32-30-28-26-24-22-20-18-16-14-12-10-8-6-4-2/h5,7,11,13,17,19,23,25,29,31,34-35,37-38,40-41,50,52,58,60,66,68,73-76,78-85,87-89,91-95H,3-4,6,8-10,12,14-16,18,20-22,24,26-28,30,32-33,36,39,42-49,51,53-57,59,61-65,67,69-72H2,1-2H3,(H,86,90)/b7-5-,13-11-,19-17-,25-23-,31-29-,35-34-,38-37-,41-40-,52-50+,60-58+,68-66+. The van der Waals surface area contributed by atoms with Crippen molar-refractivity contribution in [2.24, 2.45) is 0 Å². The van der Waals surface area contributed by atoms with Crippen LogP contribution in [0, 0.1) is 0 Å². The maximum absolute atomic E-state index is 13.4.